The summed E-state index contributed by atoms with van der Waals surface area (Å²) in [5, 5.41) is 13.7. The van der Waals surface area contributed by atoms with E-state index in [0.717, 1.165) is 40.8 Å². The van der Waals surface area contributed by atoms with E-state index in [1.165, 1.54) is 0 Å². The van der Waals surface area contributed by atoms with Crippen LogP contribution in [0.2, 0.25) is 5.02 Å². The van der Waals surface area contributed by atoms with E-state index in [2.05, 4.69) is 11.4 Å². The van der Waals surface area contributed by atoms with Gasteiger partial charge in [0.1, 0.15) is 5.75 Å². The van der Waals surface area contributed by atoms with Crippen molar-refractivity contribution in [3.05, 3.63) is 81.4 Å². The first-order valence-electron chi connectivity index (χ1n) is 13.3. The van der Waals surface area contributed by atoms with Gasteiger partial charge in [0, 0.05) is 21.8 Å². The summed E-state index contributed by atoms with van der Waals surface area (Å²) < 4.78 is 11.9. The highest BCUT2D eigenvalue weighted by Gasteiger charge is 2.33. The van der Waals surface area contributed by atoms with Crippen LogP contribution in [-0.2, 0) is 16.0 Å². The van der Waals surface area contributed by atoms with Crippen LogP contribution in [0.3, 0.4) is 0 Å². The number of carboxylic acid groups (broad SMARTS) is 1. The largest absolute Gasteiger partial charge is 0.493 e. The second-order valence-electron chi connectivity index (χ2n) is 10.3. The number of amides is 1. The molecule has 1 heterocycles. The van der Waals surface area contributed by atoms with Crippen molar-refractivity contribution < 1.29 is 24.2 Å². The molecular formula is C32H38ClNO5. The summed E-state index contributed by atoms with van der Waals surface area (Å²) in [6.07, 6.45) is 0.579. The topological polar surface area (TPSA) is 84.9 Å². The van der Waals surface area contributed by atoms with Gasteiger partial charge in [-0.3, -0.25) is 4.79 Å². The van der Waals surface area contributed by atoms with Gasteiger partial charge in [-0.1, -0.05) is 37.6 Å². The molecule has 4 rings (SSSR count). The zero-order valence-electron chi connectivity index (χ0n) is 23.8. The van der Waals surface area contributed by atoms with E-state index < -0.39 is 17.7 Å². The third kappa shape index (κ3) is 7.20. The number of rotatable bonds is 6. The molecule has 2 N–H and O–H groups in total. The third-order valence-corrected chi connectivity index (χ3v) is 6.56. The lowest BCUT2D eigenvalue weighted by atomic mass is 9.86. The van der Waals surface area contributed by atoms with E-state index >= 15 is 0 Å². The van der Waals surface area contributed by atoms with E-state index in [1.807, 2.05) is 66.7 Å². The molecule has 0 fully saturated rings. The molecule has 3 aromatic carbocycles. The fourth-order valence-electron chi connectivity index (χ4n) is 4.71. The van der Waals surface area contributed by atoms with Crippen molar-refractivity contribution in [2.24, 2.45) is 0 Å². The number of benzene rings is 3. The minimum Gasteiger partial charge on any atom is -0.493 e. The van der Waals surface area contributed by atoms with Gasteiger partial charge in [-0.05, 0) is 112 Å². The Morgan fingerprint density at radius 2 is 1.79 bits per heavy atom. The second-order valence-corrected chi connectivity index (χ2v) is 10.8. The van der Waals surface area contributed by atoms with Crippen LogP contribution in [0.15, 0.2) is 48.5 Å². The molecule has 0 saturated carbocycles. The Morgan fingerprint density at radius 3 is 2.44 bits per heavy atom. The summed E-state index contributed by atoms with van der Waals surface area (Å²) >= 11 is 6.08. The molecule has 0 radical (unpaired) electrons. The molecule has 0 aromatic heterocycles. The summed E-state index contributed by atoms with van der Waals surface area (Å²) in [5.41, 5.74) is 4.93. The first-order valence-corrected chi connectivity index (χ1v) is 13.7. The fourth-order valence-corrected chi connectivity index (χ4v) is 4.90. The van der Waals surface area contributed by atoms with Gasteiger partial charge in [0.25, 0.3) is 5.91 Å². The van der Waals surface area contributed by atoms with Gasteiger partial charge in [0.2, 0.25) is 0 Å². The normalized spacial score (nSPS) is 13.3. The SMILES string of the molecule is CC.Cc1cc(NC(=O)c2cccc(Cl)c2)c(C)c(C(OC(C)(C)C)C(=O)O)c1-c1ccc2c(c1)CCCO2. The van der Waals surface area contributed by atoms with Crippen LogP contribution in [0.1, 0.15) is 79.8 Å². The van der Waals surface area contributed by atoms with Crippen LogP contribution in [0, 0.1) is 13.8 Å². The van der Waals surface area contributed by atoms with Crippen molar-refractivity contribution in [3.63, 3.8) is 0 Å². The second kappa shape index (κ2) is 12.7. The number of aliphatic carboxylic acids is 1. The van der Waals surface area contributed by atoms with Crippen molar-refractivity contribution in [1.82, 2.24) is 0 Å². The Kier molecular flexibility index (Phi) is 9.81. The van der Waals surface area contributed by atoms with Crippen molar-refractivity contribution in [2.75, 3.05) is 11.9 Å². The Hall–Kier alpha value is -3.35. The van der Waals surface area contributed by atoms with E-state index in [-0.39, 0.29) is 5.91 Å². The minimum atomic E-state index is -1.25. The number of nitrogens with one attached hydrogen (secondary N) is 1. The molecule has 1 unspecified atom stereocenters. The maximum atomic E-state index is 13.1. The average molecular weight is 552 g/mol. The van der Waals surface area contributed by atoms with Crippen molar-refractivity contribution >= 4 is 29.2 Å². The summed E-state index contributed by atoms with van der Waals surface area (Å²) in [4.78, 5) is 25.7. The number of hydrogen-bond acceptors (Lipinski definition) is 4. The van der Waals surface area contributed by atoms with E-state index in [4.69, 9.17) is 21.1 Å². The molecule has 1 atom stereocenters. The van der Waals surface area contributed by atoms with Crippen LogP contribution < -0.4 is 10.1 Å². The Bertz CT molecular complexity index is 1360. The number of aryl methyl sites for hydroxylation is 2. The van der Waals surface area contributed by atoms with Gasteiger partial charge in [0.05, 0.1) is 12.2 Å². The lowest BCUT2D eigenvalue weighted by Gasteiger charge is -2.30. The van der Waals surface area contributed by atoms with Gasteiger partial charge in [-0.2, -0.15) is 0 Å². The molecule has 0 spiro atoms. The lowest BCUT2D eigenvalue weighted by Crippen LogP contribution is -2.28. The summed E-state index contributed by atoms with van der Waals surface area (Å²) in [7, 11) is 0. The molecule has 1 aliphatic rings. The standard InChI is InChI=1S/C30H32ClNO5.C2H6/c1-17-14-23(32-28(33)21-8-6-10-22(31)16-21)18(2)26(27(29(34)35)37-30(3,4)5)25(17)20-11-12-24-19(15-20)9-7-13-36-24;1-2/h6,8,10-12,14-16,27H,7,9,13H2,1-5H3,(H,32,33)(H,34,35);1-2H3. The van der Waals surface area contributed by atoms with Crippen LogP contribution in [-0.4, -0.2) is 29.2 Å². The molecule has 7 heteroatoms. The number of hydrogen-bond donors (Lipinski definition) is 2. The summed E-state index contributed by atoms with van der Waals surface area (Å²) in [6, 6.07) is 14.5. The highest BCUT2D eigenvalue weighted by Crippen LogP contribution is 2.42. The van der Waals surface area contributed by atoms with E-state index in [0.29, 0.717) is 34.0 Å². The molecule has 6 nitrogen and oxygen atoms in total. The van der Waals surface area contributed by atoms with Crippen LogP contribution in [0.4, 0.5) is 5.69 Å². The van der Waals surface area contributed by atoms with E-state index in [9.17, 15) is 14.7 Å². The fraction of sp³-hybridized carbons (Fsp3) is 0.375. The number of anilines is 1. The smallest absolute Gasteiger partial charge is 0.337 e. The molecule has 0 aliphatic carbocycles. The molecular weight excluding hydrogens is 514 g/mol. The van der Waals surface area contributed by atoms with Gasteiger partial charge < -0.3 is 19.9 Å². The minimum absolute atomic E-state index is 0.335. The Balaban J connectivity index is 0.00000205. The monoisotopic (exact) mass is 551 g/mol. The summed E-state index contributed by atoms with van der Waals surface area (Å²) in [5.74, 6) is -0.575. The van der Waals surface area contributed by atoms with Gasteiger partial charge in [0.15, 0.2) is 6.10 Å². The Morgan fingerprint density at radius 1 is 1.08 bits per heavy atom. The van der Waals surface area contributed by atoms with Crippen LogP contribution >= 0.6 is 11.6 Å². The van der Waals surface area contributed by atoms with Crippen molar-refractivity contribution in [2.45, 2.75) is 73.0 Å². The van der Waals surface area contributed by atoms with Gasteiger partial charge in [-0.15, -0.1) is 0 Å². The third-order valence-electron chi connectivity index (χ3n) is 6.32. The number of fused-ring (bicyclic) bond motifs is 1. The zero-order valence-corrected chi connectivity index (χ0v) is 24.5. The number of carboxylic acids is 1. The average Bonchev–Trinajstić information content (AvgIpc) is 2.89. The number of ether oxygens (including phenoxy) is 2. The predicted molar refractivity (Wildman–Crippen MR) is 157 cm³/mol. The molecule has 208 valence electrons. The molecule has 0 saturated heterocycles. The van der Waals surface area contributed by atoms with Crippen molar-refractivity contribution in [3.8, 4) is 16.9 Å². The first kappa shape index (κ1) is 30.2. The van der Waals surface area contributed by atoms with Crippen molar-refractivity contribution in [1.29, 1.82) is 0 Å². The van der Waals surface area contributed by atoms with Gasteiger partial charge in [-0.25, -0.2) is 4.79 Å². The number of halogens is 1. The molecule has 1 amide bonds. The summed E-state index contributed by atoms with van der Waals surface area (Å²) in [6.45, 7) is 13.9. The zero-order chi connectivity index (χ0) is 28.9. The quantitative estimate of drug-likeness (QED) is 0.323. The number of carbonyl (C=O) groups is 2. The first-order chi connectivity index (χ1) is 18.4. The molecule has 39 heavy (non-hydrogen) atoms. The highest BCUT2D eigenvalue weighted by molar-refractivity contribution is 6.31. The maximum Gasteiger partial charge on any atom is 0.337 e. The van der Waals surface area contributed by atoms with Crippen LogP contribution in [0.25, 0.3) is 11.1 Å². The Labute approximate surface area is 236 Å². The molecule has 1 aliphatic heterocycles. The van der Waals surface area contributed by atoms with E-state index in [1.54, 1.807) is 24.3 Å². The predicted octanol–water partition coefficient (Wildman–Crippen LogP) is 8.17. The maximum absolute atomic E-state index is 13.1. The number of carbonyl (C=O) groups excluding carboxylic acids is 1. The lowest BCUT2D eigenvalue weighted by molar-refractivity contribution is -0.160. The highest BCUT2D eigenvalue weighted by atomic mass is 35.5. The molecule has 3 aromatic rings. The van der Waals surface area contributed by atoms with Crippen LogP contribution in [0.5, 0.6) is 5.75 Å². The molecule has 0 bridgehead atoms. The van der Waals surface area contributed by atoms with Gasteiger partial charge >= 0.3 is 5.97 Å².